The van der Waals surface area contributed by atoms with Gasteiger partial charge < -0.3 is 9.47 Å². The molecule has 2 aromatic carbocycles. The van der Waals surface area contributed by atoms with Gasteiger partial charge in [0, 0.05) is 0 Å². The number of nitrogens with zero attached hydrogens (tertiary/aromatic N) is 1. The number of aryl methyl sites for hydroxylation is 1. The molecule has 1 aliphatic rings. The standard InChI is InChI=1S/C17H13NO2/c1-12-2-4-13(5-3-12)8-15(10-18)14-6-7-16-17(9-14)20-11-19-16/h2-9H,11H2,1H3/b15-8-. The lowest BCUT2D eigenvalue weighted by Gasteiger charge is -2.02. The minimum atomic E-state index is 0.238. The molecule has 98 valence electrons. The molecule has 3 rings (SSSR count). The Balaban J connectivity index is 1.98. The molecule has 0 saturated heterocycles. The fraction of sp³-hybridized carbons (Fsp3) is 0.118. The number of hydrogen-bond acceptors (Lipinski definition) is 3. The highest BCUT2D eigenvalue weighted by molar-refractivity contribution is 5.90. The van der Waals surface area contributed by atoms with Crippen molar-refractivity contribution in [1.29, 1.82) is 5.26 Å². The molecule has 0 fully saturated rings. The largest absolute Gasteiger partial charge is 0.454 e. The summed E-state index contributed by atoms with van der Waals surface area (Å²) in [6.07, 6.45) is 1.87. The second-order valence-corrected chi connectivity index (χ2v) is 4.65. The molecule has 0 atom stereocenters. The number of rotatable bonds is 2. The van der Waals surface area contributed by atoms with Crippen molar-refractivity contribution in [3.8, 4) is 17.6 Å². The first-order chi connectivity index (χ1) is 9.76. The third-order valence-corrected chi connectivity index (χ3v) is 3.19. The van der Waals surface area contributed by atoms with Gasteiger partial charge in [-0.2, -0.15) is 5.26 Å². The van der Waals surface area contributed by atoms with E-state index >= 15 is 0 Å². The molecule has 1 heterocycles. The molecule has 0 aliphatic carbocycles. The third kappa shape index (κ3) is 2.36. The maximum absolute atomic E-state index is 9.35. The predicted octanol–water partition coefficient (Wildman–Crippen LogP) is 3.79. The molecule has 0 spiro atoms. The van der Waals surface area contributed by atoms with E-state index in [2.05, 4.69) is 6.07 Å². The van der Waals surface area contributed by atoms with E-state index in [-0.39, 0.29) is 6.79 Å². The third-order valence-electron chi connectivity index (χ3n) is 3.19. The SMILES string of the molecule is Cc1ccc(/C=C(/C#N)c2ccc3c(c2)OCO3)cc1. The van der Waals surface area contributed by atoms with Crippen molar-refractivity contribution in [2.24, 2.45) is 0 Å². The summed E-state index contributed by atoms with van der Waals surface area (Å²) in [7, 11) is 0. The highest BCUT2D eigenvalue weighted by Gasteiger charge is 2.14. The molecule has 0 unspecified atom stereocenters. The molecular formula is C17H13NO2. The minimum Gasteiger partial charge on any atom is -0.454 e. The Morgan fingerprint density at radius 2 is 1.85 bits per heavy atom. The zero-order valence-electron chi connectivity index (χ0n) is 11.1. The molecule has 3 nitrogen and oxygen atoms in total. The van der Waals surface area contributed by atoms with E-state index < -0.39 is 0 Å². The average molecular weight is 263 g/mol. The van der Waals surface area contributed by atoms with E-state index in [0.717, 1.165) is 16.9 Å². The first-order valence-corrected chi connectivity index (χ1v) is 6.35. The van der Waals surface area contributed by atoms with Crippen LogP contribution >= 0.6 is 0 Å². The van der Waals surface area contributed by atoms with Gasteiger partial charge >= 0.3 is 0 Å². The Kier molecular flexibility index (Phi) is 3.14. The van der Waals surface area contributed by atoms with Crippen LogP contribution in [0.2, 0.25) is 0 Å². The van der Waals surface area contributed by atoms with Crippen LogP contribution in [0.4, 0.5) is 0 Å². The lowest BCUT2D eigenvalue weighted by Crippen LogP contribution is -1.92. The maximum Gasteiger partial charge on any atom is 0.231 e. The van der Waals surface area contributed by atoms with Crippen molar-refractivity contribution < 1.29 is 9.47 Å². The Labute approximate surface area is 117 Å². The molecule has 20 heavy (non-hydrogen) atoms. The number of hydrogen-bond donors (Lipinski definition) is 0. The van der Waals surface area contributed by atoms with Crippen LogP contribution < -0.4 is 9.47 Å². The first kappa shape index (κ1) is 12.3. The van der Waals surface area contributed by atoms with Gasteiger partial charge in [-0.25, -0.2) is 0 Å². The van der Waals surface area contributed by atoms with Crippen molar-refractivity contribution >= 4 is 11.6 Å². The molecule has 0 aromatic heterocycles. The zero-order chi connectivity index (χ0) is 13.9. The van der Waals surface area contributed by atoms with Crippen LogP contribution in [0.15, 0.2) is 42.5 Å². The average Bonchev–Trinajstić information content (AvgIpc) is 2.94. The smallest absolute Gasteiger partial charge is 0.231 e. The van der Waals surface area contributed by atoms with Gasteiger partial charge in [-0.15, -0.1) is 0 Å². The summed E-state index contributed by atoms with van der Waals surface area (Å²) in [5.74, 6) is 1.41. The van der Waals surface area contributed by atoms with Crippen LogP contribution in [0.5, 0.6) is 11.5 Å². The summed E-state index contributed by atoms with van der Waals surface area (Å²) in [4.78, 5) is 0. The van der Waals surface area contributed by atoms with Gasteiger partial charge in [0.1, 0.15) is 0 Å². The van der Waals surface area contributed by atoms with Crippen LogP contribution in [0.25, 0.3) is 11.6 Å². The number of allylic oxidation sites excluding steroid dienone is 1. The van der Waals surface area contributed by atoms with Gasteiger partial charge in [0.05, 0.1) is 11.6 Å². The topological polar surface area (TPSA) is 42.2 Å². The molecule has 0 N–H and O–H groups in total. The minimum absolute atomic E-state index is 0.238. The molecule has 3 heteroatoms. The van der Waals surface area contributed by atoms with E-state index in [9.17, 15) is 5.26 Å². The van der Waals surface area contributed by atoms with Crippen molar-refractivity contribution in [3.05, 3.63) is 59.2 Å². The van der Waals surface area contributed by atoms with E-state index in [1.165, 1.54) is 5.56 Å². The molecule has 0 saturated carbocycles. The first-order valence-electron chi connectivity index (χ1n) is 6.35. The van der Waals surface area contributed by atoms with Gasteiger partial charge in [-0.3, -0.25) is 0 Å². The normalized spacial score (nSPS) is 13.1. The van der Waals surface area contributed by atoms with Gasteiger partial charge in [0.15, 0.2) is 11.5 Å². The molecular weight excluding hydrogens is 250 g/mol. The molecule has 0 radical (unpaired) electrons. The van der Waals surface area contributed by atoms with Gasteiger partial charge in [0.25, 0.3) is 0 Å². The lowest BCUT2D eigenvalue weighted by atomic mass is 10.0. The highest BCUT2D eigenvalue weighted by Crippen LogP contribution is 2.34. The summed E-state index contributed by atoms with van der Waals surface area (Å²) in [5.41, 5.74) is 3.64. The number of ether oxygens (including phenoxy) is 2. The van der Waals surface area contributed by atoms with E-state index in [0.29, 0.717) is 11.3 Å². The summed E-state index contributed by atoms with van der Waals surface area (Å²) >= 11 is 0. The number of benzene rings is 2. The quantitative estimate of drug-likeness (QED) is 0.611. The molecule has 2 aromatic rings. The van der Waals surface area contributed by atoms with Crippen molar-refractivity contribution in [2.45, 2.75) is 6.92 Å². The fourth-order valence-corrected chi connectivity index (χ4v) is 2.07. The lowest BCUT2D eigenvalue weighted by molar-refractivity contribution is 0.174. The van der Waals surface area contributed by atoms with Crippen LogP contribution in [0, 0.1) is 18.3 Å². The van der Waals surface area contributed by atoms with Crippen LogP contribution in [-0.4, -0.2) is 6.79 Å². The number of fused-ring (bicyclic) bond motifs is 1. The molecule has 0 amide bonds. The zero-order valence-corrected chi connectivity index (χ0v) is 11.1. The summed E-state index contributed by atoms with van der Waals surface area (Å²) in [5, 5.41) is 9.35. The van der Waals surface area contributed by atoms with Crippen molar-refractivity contribution in [3.63, 3.8) is 0 Å². The van der Waals surface area contributed by atoms with Crippen molar-refractivity contribution in [2.75, 3.05) is 6.79 Å². The Morgan fingerprint density at radius 1 is 1.10 bits per heavy atom. The Bertz CT molecular complexity index is 709. The van der Waals surface area contributed by atoms with Gasteiger partial charge in [-0.1, -0.05) is 29.8 Å². The molecule has 1 aliphatic heterocycles. The fourth-order valence-electron chi connectivity index (χ4n) is 2.07. The maximum atomic E-state index is 9.35. The second kappa shape index (κ2) is 5.10. The summed E-state index contributed by atoms with van der Waals surface area (Å²) in [6, 6.07) is 15.8. The predicted molar refractivity (Wildman–Crippen MR) is 77.2 cm³/mol. The van der Waals surface area contributed by atoms with Crippen LogP contribution in [0.3, 0.4) is 0 Å². The van der Waals surface area contributed by atoms with Gasteiger partial charge in [0.2, 0.25) is 6.79 Å². The van der Waals surface area contributed by atoms with E-state index in [4.69, 9.17) is 9.47 Å². The van der Waals surface area contributed by atoms with Crippen molar-refractivity contribution in [1.82, 2.24) is 0 Å². The van der Waals surface area contributed by atoms with E-state index in [1.54, 1.807) is 0 Å². The monoisotopic (exact) mass is 263 g/mol. The van der Waals surface area contributed by atoms with Crippen LogP contribution in [-0.2, 0) is 0 Å². The second-order valence-electron chi connectivity index (χ2n) is 4.65. The van der Waals surface area contributed by atoms with Gasteiger partial charge in [-0.05, 0) is 42.3 Å². The Morgan fingerprint density at radius 3 is 2.60 bits per heavy atom. The van der Waals surface area contributed by atoms with Crippen LogP contribution in [0.1, 0.15) is 16.7 Å². The Hall–Kier alpha value is -2.73. The number of nitriles is 1. The summed E-state index contributed by atoms with van der Waals surface area (Å²) < 4.78 is 10.6. The van der Waals surface area contributed by atoms with E-state index in [1.807, 2.05) is 55.5 Å². The molecule has 0 bridgehead atoms. The highest BCUT2D eigenvalue weighted by atomic mass is 16.7. The summed E-state index contributed by atoms with van der Waals surface area (Å²) in [6.45, 7) is 2.28.